The lowest BCUT2D eigenvalue weighted by molar-refractivity contribution is 0.582. The second kappa shape index (κ2) is 4.52. The fourth-order valence-electron chi connectivity index (χ4n) is 2.45. The molecule has 4 heteroatoms. The molecule has 4 rings (SSSR count). The van der Waals surface area contributed by atoms with E-state index in [-0.39, 0.29) is 0 Å². The summed E-state index contributed by atoms with van der Waals surface area (Å²) in [5, 5.41) is 0. The smallest absolute Gasteiger partial charge is 0.160 e. The first kappa shape index (κ1) is 11.8. The van der Waals surface area contributed by atoms with Gasteiger partial charge >= 0.3 is 0 Å². The highest BCUT2D eigenvalue weighted by atomic mass is 16.3. The molecule has 2 N–H and O–H groups in total. The van der Waals surface area contributed by atoms with Crippen LogP contribution in [-0.4, -0.2) is 9.38 Å². The van der Waals surface area contributed by atoms with E-state index in [9.17, 15) is 0 Å². The maximum absolute atomic E-state index is 6.13. The van der Waals surface area contributed by atoms with Crippen LogP contribution in [0.15, 0.2) is 71.6 Å². The van der Waals surface area contributed by atoms with Crippen LogP contribution in [0.5, 0.6) is 0 Å². The van der Waals surface area contributed by atoms with Crippen molar-refractivity contribution in [3.63, 3.8) is 0 Å². The molecule has 0 aliphatic rings. The Morgan fingerprint density at radius 1 is 0.952 bits per heavy atom. The molecule has 0 unspecified atom stereocenters. The van der Waals surface area contributed by atoms with Gasteiger partial charge in [0.05, 0.1) is 17.6 Å². The number of fused-ring (bicyclic) bond motifs is 1. The lowest BCUT2D eigenvalue weighted by atomic mass is 10.2. The van der Waals surface area contributed by atoms with Crippen molar-refractivity contribution in [1.29, 1.82) is 0 Å². The number of nitrogens with zero attached hydrogens (tertiary/aromatic N) is 2. The standard InChI is InChI=1S/C17H13N3O/c18-14-9-13(16-7-4-8-21-16)10-20-11-15(19-17(14)20)12-5-2-1-3-6-12/h1-11H,18H2. The summed E-state index contributed by atoms with van der Waals surface area (Å²) in [5.41, 5.74) is 10.4. The maximum atomic E-state index is 6.13. The van der Waals surface area contributed by atoms with Crippen molar-refractivity contribution in [2.75, 3.05) is 5.73 Å². The van der Waals surface area contributed by atoms with Crippen LogP contribution in [-0.2, 0) is 0 Å². The van der Waals surface area contributed by atoms with Gasteiger partial charge in [0.2, 0.25) is 0 Å². The highest BCUT2D eigenvalue weighted by molar-refractivity contribution is 5.75. The van der Waals surface area contributed by atoms with Gasteiger partial charge in [0.15, 0.2) is 5.65 Å². The molecule has 3 heterocycles. The SMILES string of the molecule is Nc1cc(-c2ccco2)cn2cc(-c3ccccc3)nc12. The van der Waals surface area contributed by atoms with E-state index in [1.165, 1.54) is 0 Å². The third-order valence-electron chi connectivity index (χ3n) is 3.45. The Hall–Kier alpha value is -3.01. The van der Waals surface area contributed by atoms with Crippen molar-refractivity contribution in [2.45, 2.75) is 0 Å². The number of benzene rings is 1. The van der Waals surface area contributed by atoms with Crippen molar-refractivity contribution >= 4 is 11.3 Å². The molecule has 3 aromatic heterocycles. The molecule has 0 fully saturated rings. The van der Waals surface area contributed by atoms with E-state index >= 15 is 0 Å². The van der Waals surface area contributed by atoms with E-state index in [1.807, 2.05) is 65.3 Å². The van der Waals surface area contributed by atoms with E-state index in [0.717, 1.165) is 28.2 Å². The minimum absolute atomic E-state index is 0.631. The first-order valence-electron chi connectivity index (χ1n) is 6.69. The summed E-state index contributed by atoms with van der Waals surface area (Å²) in [4.78, 5) is 4.61. The van der Waals surface area contributed by atoms with Gasteiger partial charge in [-0.25, -0.2) is 4.98 Å². The number of hydrogen-bond acceptors (Lipinski definition) is 3. The second-order valence-corrected chi connectivity index (χ2v) is 4.88. The van der Waals surface area contributed by atoms with E-state index in [0.29, 0.717) is 5.69 Å². The van der Waals surface area contributed by atoms with E-state index < -0.39 is 0 Å². The summed E-state index contributed by atoms with van der Waals surface area (Å²) in [6.07, 6.45) is 5.61. The predicted octanol–water partition coefficient (Wildman–Crippen LogP) is 3.84. The molecule has 0 radical (unpaired) electrons. The first-order chi connectivity index (χ1) is 10.3. The molecule has 4 aromatic rings. The van der Waals surface area contributed by atoms with Gasteiger partial charge in [0, 0.05) is 23.5 Å². The number of nitrogen functional groups attached to an aromatic ring is 1. The van der Waals surface area contributed by atoms with Crippen LogP contribution >= 0.6 is 0 Å². The number of nitrogens with two attached hydrogens (primary N) is 1. The monoisotopic (exact) mass is 275 g/mol. The summed E-state index contributed by atoms with van der Waals surface area (Å²) in [6.45, 7) is 0. The number of imidazole rings is 1. The van der Waals surface area contributed by atoms with Gasteiger partial charge in [0.1, 0.15) is 5.76 Å². The maximum Gasteiger partial charge on any atom is 0.160 e. The first-order valence-corrected chi connectivity index (χ1v) is 6.69. The van der Waals surface area contributed by atoms with Gasteiger partial charge in [-0.15, -0.1) is 0 Å². The summed E-state index contributed by atoms with van der Waals surface area (Å²) in [7, 11) is 0. The zero-order valence-corrected chi connectivity index (χ0v) is 11.2. The molecule has 0 bridgehead atoms. The van der Waals surface area contributed by atoms with Gasteiger partial charge in [-0.3, -0.25) is 0 Å². The van der Waals surface area contributed by atoms with Crippen LogP contribution in [0.2, 0.25) is 0 Å². The molecule has 102 valence electrons. The van der Waals surface area contributed by atoms with Crippen molar-refractivity contribution in [2.24, 2.45) is 0 Å². The zero-order valence-electron chi connectivity index (χ0n) is 11.2. The van der Waals surface area contributed by atoms with E-state index in [2.05, 4.69) is 4.98 Å². The minimum Gasteiger partial charge on any atom is -0.464 e. The number of rotatable bonds is 2. The molecule has 0 aliphatic carbocycles. The highest BCUT2D eigenvalue weighted by Gasteiger charge is 2.10. The Kier molecular flexibility index (Phi) is 2.54. The molecule has 0 amide bonds. The highest BCUT2D eigenvalue weighted by Crippen LogP contribution is 2.27. The lowest BCUT2D eigenvalue weighted by Crippen LogP contribution is -1.93. The Labute approximate surface area is 121 Å². The summed E-state index contributed by atoms with van der Waals surface area (Å²) in [6, 6.07) is 15.7. The van der Waals surface area contributed by atoms with Gasteiger partial charge in [-0.2, -0.15) is 0 Å². The third kappa shape index (κ3) is 1.97. The molecule has 0 atom stereocenters. The molecular formula is C17H13N3O. The fraction of sp³-hybridized carbons (Fsp3) is 0. The van der Waals surface area contributed by atoms with Crippen molar-refractivity contribution < 1.29 is 4.42 Å². The van der Waals surface area contributed by atoms with Crippen molar-refractivity contribution in [3.05, 3.63) is 67.2 Å². The Morgan fingerprint density at radius 3 is 2.57 bits per heavy atom. The van der Waals surface area contributed by atoms with Crippen LogP contribution in [0, 0.1) is 0 Å². The topological polar surface area (TPSA) is 56.5 Å². The predicted molar refractivity (Wildman–Crippen MR) is 82.7 cm³/mol. The summed E-state index contributed by atoms with van der Waals surface area (Å²) >= 11 is 0. The summed E-state index contributed by atoms with van der Waals surface area (Å²) < 4.78 is 7.37. The molecule has 21 heavy (non-hydrogen) atoms. The van der Waals surface area contributed by atoms with Gasteiger partial charge < -0.3 is 14.6 Å². The van der Waals surface area contributed by atoms with Crippen LogP contribution in [0.3, 0.4) is 0 Å². The molecule has 0 saturated heterocycles. The number of pyridine rings is 1. The number of aromatic nitrogens is 2. The molecule has 0 aliphatic heterocycles. The van der Waals surface area contributed by atoms with Gasteiger partial charge in [0.25, 0.3) is 0 Å². The van der Waals surface area contributed by atoms with Crippen LogP contribution in [0.4, 0.5) is 5.69 Å². The molecule has 4 nitrogen and oxygen atoms in total. The van der Waals surface area contributed by atoms with Gasteiger partial charge in [-0.1, -0.05) is 30.3 Å². The zero-order chi connectivity index (χ0) is 14.2. The Balaban J connectivity index is 1.90. The van der Waals surface area contributed by atoms with Crippen LogP contribution in [0.1, 0.15) is 0 Å². The summed E-state index contributed by atoms with van der Waals surface area (Å²) in [5.74, 6) is 0.790. The average Bonchev–Trinajstić information content (AvgIpc) is 3.17. The van der Waals surface area contributed by atoms with Crippen molar-refractivity contribution in [3.8, 4) is 22.6 Å². The Morgan fingerprint density at radius 2 is 1.81 bits per heavy atom. The van der Waals surface area contributed by atoms with Crippen LogP contribution < -0.4 is 5.73 Å². The fourth-order valence-corrected chi connectivity index (χ4v) is 2.45. The van der Waals surface area contributed by atoms with Crippen molar-refractivity contribution in [1.82, 2.24) is 9.38 Å². The Bertz CT molecular complexity index is 893. The van der Waals surface area contributed by atoms with Gasteiger partial charge in [-0.05, 0) is 18.2 Å². The normalized spacial score (nSPS) is 11.0. The quantitative estimate of drug-likeness (QED) is 0.604. The largest absolute Gasteiger partial charge is 0.464 e. The number of anilines is 1. The second-order valence-electron chi connectivity index (χ2n) is 4.88. The minimum atomic E-state index is 0.631. The van der Waals surface area contributed by atoms with Crippen LogP contribution in [0.25, 0.3) is 28.2 Å². The molecular weight excluding hydrogens is 262 g/mol. The number of furan rings is 1. The molecule has 1 aromatic carbocycles. The molecule has 0 spiro atoms. The van der Waals surface area contributed by atoms with E-state index in [1.54, 1.807) is 6.26 Å². The van der Waals surface area contributed by atoms with E-state index in [4.69, 9.17) is 10.2 Å². The molecule has 0 saturated carbocycles. The number of hydrogen-bond donors (Lipinski definition) is 1. The average molecular weight is 275 g/mol. The lowest BCUT2D eigenvalue weighted by Gasteiger charge is -2.02. The third-order valence-corrected chi connectivity index (χ3v) is 3.45.